The molecule has 0 aliphatic carbocycles. The molecule has 0 saturated carbocycles. The van der Waals surface area contributed by atoms with E-state index in [4.69, 9.17) is 17.3 Å². The van der Waals surface area contributed by atoms with Gasteiger partial charge < -0.3 is 11.1 Å². The molecule has 2 aromatic carbocycles. The van der Waals surface area contributed by atoms with Gasteiger partial charge in [-0.1, -0.05) is 29.8 Å². The Labute approximate surface area is 239 Å². The van der Waals surface area contributed by atoms with Crippen molar-refractivity contribution in [2.24, 2.45) is 10.7 Å². The van der Waals surface area contributed by atoms with Gasteiger partial charge in [0.2, 0.25) is 5.91 Å². The third-order valence-corrected chi connectivity index (χ3v) is 7.76. The van der Waals surface area contributed by atoms with Crippen LogP contribution in [-0.2, 0) is 25.8 Å². The van der Waals surface area contributed by atoms with Gasteiger partial charge >= 0.3 is 6.18 Å². The highest BCUT2D eigenvalue weighted by Gasteiger charge is 2.48. The number of nitrogens with one attached hydrogen (secondary N) is 1. The van der Waals surface area contributed by atoms with E-state index in [0.717, 1.165) is 12.3 Å². The van der Waals surface area contributed by atoms with Crippen LogP contribution in [0, 0.1) is 0 Å². The number of halogens is 4. The van der Waals surface area contributed by atoms with Crippen LogP contribution in [-0.4, -0.2) is 49.4 Å². The number of allylic oxidation sites excluding steroid dienone is 1. The van der Waals surface area contributed by atoms with Gasteiger partial charge in [-0.25, -0.2) is 8.42 Å². The number of aliphatic imine (C=N–C) groups is 1. The van der Waals surface area contributed by atoms with Gasteiger partial charge in [0, 0.05) is 29.3 Å². The average Bonchev–Trinajstić information content (AvgIpc) is 2.89. The van der Waals surface area contributed by atoms with Crippen molar-refractivity contribution in [2.75, 3.05) is 11.6 Å². The number of nitrogens with two attached hydrogens (primary N) is 1. The summed E-state index contributed by atoms with van der Waals surface area (Å²) in [4.78, 5) is 34.2. The largest absolute Gasteiger partial charge is 0.432 e. The minimum absolute atomic E-state index is 0.00147. The third kappa shape index (κ3) is 6.33. The topological polar surface area (TPSA) is 132 Å². The molecule has 0 saturated heterocycles. The summed E-state index contributed by atoms with van der Waals surface area (Å²) in [7, 11) is -3.67. The van der Waals surface area contributed by atoms with E-state index in [1.807, 2.05) is 0 Å². The predicted molar refractivity (Wildman–Crippen MR) is 151 cm³/mol. The van der Waals surface area contributed by atoms with E-state index in [-0.39, 0.29) is 16.7 Å². The average molecular weight is 605 g/mol. The number of nitrogens with zero attached hydrogens (tertiary/aromatic N) is 2. The molecule has 8 nitrogen and oxygen atoms in total. The lowest BCUT2D eigenvalue weighted by atomic mass is 9.70. The normalized spacial score (nSPS) is 19.0. The fraction of sp³-hybridized carbons (Fsp3) is 0.214. The van der Waals surface area contributed by atoms with Crippen LogP contribution in [0.4, 0.5) is 18.9 Å². The monoisotopic (exact) mass is 604 g/mol. The molecule has 1 aliphatic rings. The molecule has 3 aromatic rings. The summed E-state index contributed by atoms with van der Waals surface area (Å²) in [5, 5.41) is 3.12. The number of rotatable bonds is 7. The lowest BCUT2D eigenvalue weighted by molar-refractivity contribution is -0.122. The zero-order valence-electron chi connectivity index (χ0n) is 21.7. The van der Waals surface area contributed by atoms with Crippen molar-refractivity contribution in [2.45, 2.75) is 30.3 Å². The number of dihydropyridines is 1. The molecule has 1 aromatic heterocycles. The second-order valence-electron chi connectivity index (χ2n) is 9.56. The van der Waals surface area contributed by atoms with E-state index >= 15 is 0 Å². The molecule has 3 N–H and O–H groups in total. The molecular formula is C28H24ClF3N4O4S. The van der Waals surface area contributed by atoms with Crippen molar-refractivity contribution in [3.8, 4) is 11.3 Å². The van der Waals surface area contributed by atoms with Crippen LogP contribution in [0.25, 0.3) is 11.3 Å². The number of benzene rings is 2. The molecule has 4 rings (SSSR count). The molecule has 0 spiro atoms. The van der Waals surface area contributed by atoms with Gasteiger partial charge in [0.25, 0.3) is 5.91 Å². The van der Waals surface area contributed by atoms with Gasteiger partial charge in [-0.15, -0.1) is 0 Å². The van der Waals surface area contributed by atoms with Crippen molar-refractivity contribution in [3.05, 3.63) is 94.7 Å². The van der Waals surface area contributed by atoms with Crippen LogP contribution >= 0.6 is 11.6 Å². The maximum absolute atomic E-state index is 13.4. The molecule has 2 amide bonds. The Morgan fingerprint density at radius 3 is 2.44 bits per heavy atom. The fourth-order valence-electron chi connectivity index (χ4n) is 4.64. The highest BCUT2D eigenvalue weighted by Crippen LogP contribution is 2.39. The number of amides is 2. The van der Waals surface area contributed by atoms with E-state index in [1.54, 1.807) is 42.6 Å². The number of hydrogen-bond donors (Lipinski definition) is 2. The van der Waals surface area contributed by atoms with Gasteiger partial charge in [0.15, 0.2) is 9.84 Å². The number of alkyl halides is 3. The van der Waals surface area contributed by atoms with Crippen molar-refractivity contribution in [1.82, 2.24) is 4.98 Å². The summed E-state index contributed by atoms with van der Waals surface area (Å²) in [5.74, 6) is -2.26. The Bertz CT molecular complexity index is 1690. The van der Waals surface area contributed by atoms with Crippen LogP contribution in [0.15, 0.2) is 77.9 Å². The number of hydrogen-bond acceptors (Lipinski definition) is 6. The van der Waals surface area contributed by atoms with E-state index in [9.17, 15) is 31.2 Å². The molecule has 214 valence electrons. The number of sulfone groups is 1. The first kappa shape index (κ1) is 29.9. The smallest absolute Gasteiger partial charge is 0.369 e. The van der Waals surface area contributed by atoms with Crippen LogP contribution in [0.2, 0.25) is 5.02 Å². The van der Waals surface area contributed by atoms with Gasteiger partial charge in [-0.3, -0.25) is 19.6 Å². The SMILES string of the molecule is CC1N=C(C(F)(F)F)C=CC1(C(N)=O)c1cc(C(=O)Nc2ccc(Cl)c(-c3ccccn3)c2)ccc1CS(C)(=O)=O. The summed E-state index contributed by atoms with van der Waals surface area (Å²) in [6.45, 7) is 1.27. The van der Waals surface area contributed by atoms with E-state index in [2.05, 4.69) is 15.3 Å². The number of aromatic nitrogens is 1. The Kier molecular flexibility index (Phi) is 8.10. The molecule has 2 atom stereocenters. The molecular weight excluding hydrogens is 581 g/mol. The van der Waals surface area contributed by atoms with Gasteiger partial charge in [0.05, 0.1) is 22.5 Å². The predicted octanol–water partition coefficient (Wildman–Crippen LogP) is 4.88. The lowest BCUT2D eigenvalue weighted by Gasteiger charge is -2.36. The molecule has 0 bridgehead atoms. The van der Waals surface area contributed by atoms with Crippen LogP contribution < -0.4 is 11.1 Å². The third-order valence-electron chi connectivity index (χ3n) is 6.59. The Morgan fingerprint density at radius 2 is 1.85 bits per heavy atom. The van der Waals surface area contributed by atoms with Crippen molar-refractivity contribution < 1.29 is 31.2 Å². The van der Waals surface area contributed by atoms with E-state index in [0.29, 0.717) is 28.0 Å². The minimum Gasteiger partial charge on any atom is -0.369 e. The Hall–Kier alpha value is -4.03. The Balaban J connectivity index is 1.78. The highest BCUT2D eigenvalue weighted by atomic mass is 35.5. The Morgan fingerprint density at radius 1 is 1.12 bits per heavy atom. The van der Waals surface area contributed by atoms with Crippen LogP contribution in [0.1, 0.15) is 28.4 Å². The first-order valence-electron chi connectivity index (χ1n) is 12.1. The zero-order valence-corrected chi connectivity index (χ0v) is 23.3. The zero-order chi connectivity index (χ0) is 30.2. The minimum atomic E-state index is -4.78. The first-order valence-corrected chi connectivity index (χ1v) is 14.5. The number of anilines is 1. The van der Waals surface area contributed by atoms with Gasteiger partial charge in [-0.2, -0.15) is 13.2 Å². The molecule has 13 heteroatoms. The van der Waals surface area contributed by atoms with E-state index in [1.165, 1.54) is 25.1 Å². The van der Waals surface area contributed by atoms with Crippen LogP contribution in [0.5, 0.6) is 0 Å². The van der Waals surface area contributed by atoms with Gasteiger partial charge in [0.1, 0.15) is 11.1 Å². The first-order chi connectivity index (χ1) is 19.1. The fourth-order valence-corrected chi connectivity index (χ4v) is 5.67. The van der Waals surface area contributed by atoms with Crippen molar-refractivity contribution in [3.63, 3.8) is 0 Å². The number of carbonyl (C=O) groups is 2. The molecule has 1 aliphatic heterocycles. The molecule has 0 radical (unpaired) electrons. The van der Waals surface area contributed by atoms with Crippen molar-refractivity contribution >= 4 is 44.7 Å². The highest BCUT2D eigenvalue weighted by molar-refractivity contribution is 7.89. The van der Waals surface area contributed by atoms with E-state index < -0.39 is 50.7 Å². The lowest BCUT2D eigenvalue weighted by Crippen LogP contribution is -2.50. The summed E-state index contributed by atoms with van der Waals surface area (Å²) in [5.41, 5.74) is 4.10. The summed E-state index contributed by atoms with van der Waals surface area (Å²) < 4.78 is 64.5. The number of pyridine rings is 1. The van der Waals surface area contributed by atoms with Crippen molar-refractivity contribution in [1.29, 1.82) is 0 Å². The molecule has 0 fully saturated rings. The maximum Gasteiger partial charge on any atom is 0.432 e. The quantitative estimate of drug-likeness (QED) is 0.397. The molecule has 2 heterocycles. The summed E-state index contributed by atoms with van der Waals surface area (Å²) >= 11 is 6.33. The molecule has 41 heavy (non-hydrogen) atoms. The second-order valence-corrected chi connectivity index (χ2v) is 12.1. The van der Waals surface area contributed by atoms with Gasteiger partial charge in [-0.05, 0) is 66.6 Å². The number of carbonyl (C=O) groups excluding carboxylic acids is 2. The number of primary amides is 1. The second kappa shape index (κ2) is 11.1. The van der Waals surface area contributed by atoms with Crippen LogP contribution in [0.3, 0.4) is 0 Å². The summed E-state index contributed by atoms with van der Waals surface area (Å²) in [6, 6.07) is 12.6. The standard InChI is InChI=1S/C28H24ClF3N4O4S/c1-16-27(26(33)38,11-10-24(35-16)28(30,31)32)21-13-17(6-7-18(21)15-41(2,39)40)25(37)36-19-8-9-22(29)20(14-19)23-5-3-4-12-34-23/h3-14,16H,15H2,1-2H3,(H2,33,38)(H,36,37). The summed E-state index contributed by atoms with van der Waals surface area (Å²) in [6.07, 6.45) is -0.619. The maximum atomic E-state index is 13.4. The molecule has 2 unspecified atom stereocenters.